The third-order valence-electron chi connectivity index (χ3n) is 3.30. The number of carbonyl (C=O) groups is 2. The van der Waals surface area contributed by atoms with E-state index in [2.05, 4.69) is 5.43 Å². The average Bonchev–Trinajstić information content (AvgIpc) is 2.59. The summed E-state index contributed by atoms with van der Waals surface area (Å²) < 4.78 is 10.1. The normalized spacial score (nSPS) is 15.1. The molecule has 1 aromatic rings. The molecule has 1 aliphatic rings. The van der Waals surface area contributed by atoms with Crippen LogP contribution in [-0.4, -0.2) is 60.8 Å². The summed E-state index contributed by atoms with van der Waals surface area (Å²) >= 11 is 5.44. The Kier molecular flexibility index (Phi) is 6.96. The average molecular weight is 342 g/mol. The first-order valence-corrected chi connectivity index (χ1v) is 7.92. The lowest BCUT2D eigenvalue weighted by molar-refractivity contribution is 0.0520. The van der Waals surface area contributed by atoms with Crippen molar-refractivity contribution in [1.82, 2.24) is 15.3 Å². The minimum absolute atomic E-state index is 0.166. The summed E-state index contributed by atoms with van der Waals surface area (Å²) in [6.07, 6.45) is -0.885. The first-order chi connectivity index (χ1) is 11.2. The highest BCUT2D eigenvalue weighted by molar-refractivity contribution is 6.18. The van der Waals surface area contributed by atoms with E-state index in [-0.39, 0.29) is 25.2 Å². The van der Waals surface area contributed by atoms with Crippen LogP contribution in [0.2, 0.25) is 0 Å². The van der Waals surface area contributed by atoms with Crippen LogP contribution in [-0.2, 0) is 16.1 Å². The van der Waals surface area contributed by atoms with Crippen LogP contribution in [0.25, 0.3) is 0 Å². The molecule has 0 aliphatic carbocycles. The Balaban J connectivity index is 1.67. The Morgan fingerprint density at radius 1 is 1.09 bits per heavy atom. The molecule has 0 aromatic heterocycles. The van der Waals surface area contributed by atoms with Crippen LogP contribution in [0.5, 0.6) is 0 Å². The predicted octanol–water partition coefficient (Wildman–Crippen LogP) is 1.82. The van der Waals surface area contributed by atoms with E-state index in [4.69, 9.17) is 21.1 Å². The molecule has 1 heterocycles. The summed E-state index contributed by atoms with van der Waals surface area (Å²) in [5.74, 6) is 0.258. The number of carbonyl (C=O) groups excluding carboxylic acids is 2. The van der Waals surface area contributed by atoms with Gasteiger partial charge in [0, 0.05) is 26.2 Å². The highest BCUT2D eigenvalue weighted by Crippen LogP contribution is 2.06. The molecule has 0 spiro atoms. The number of hydrogen-bond donors (Lipinski definition) is 1. The third kappa shape index (κ3) is 5.96. The van der Waals surface area contributed by atoms with Crippen molar-refractivity contribution in [2.75, 3.05) is 38.7 Å². The van der Waals surface area contributed by atoms with Crippen LogP contribution in [0.15, 0.2) is 30.3 Å². The van der Waals surface area contributed by atoms with Gasteiger partial charge in [0.2, 0.25) is 0 Å². The number of nitrogens with one attached hydrogen (secondary N) is 1. The fourth-order valence-electron chi connectivity index (χ4n) is 2.10. The van der Waals surface area contributed by atoms with Gasteiger partial charge in [-0.25, -0.2) is 14.6 Å². The van der Waals surface area contributed by atoms with Crippen molar-refractivity contribution in [3.63, 3.8) is 0 Å². The van der Waals surface area contributed by atoms with Gasteiger partial charge in [-0.1, -0.05) is 30.3 Å². The zero-order valence-corrected chi connectivity index (χ0v) is 13.5. The molecule has 0 bridgehead atoms. The molecular formula is C15H20ClN3O4. The number of rotatable bonds is 5. The molecule has 2 amide bonds. The number of ether oxygens (including phenoxy) is 2. The van der Waals surface area contributed by atoms with E-state index in [9.17, 15) is 9.59 Å². The second-order valence-corrected chi connectivity index (χ2v) is 5.33. The largest absolute Gasteiger partial charge is 0.447 e. The molecule has 0 saturated carbocycles. The van der Waals surface area contributed by atoms with Crippen molar-refractivity contribution in [3.05, 3.63) is 35.9 Å². The third-order valence-corrected chi connectivity index (χ3v) is 3.46. The van der Waals surface area contributed by atoms with Gasteiger partial charge in [-0.3, -0.25) is 5.43 Å². The smallest absolute Gasteiger partial charge is 0.421 e. The van der Waals surface area contributed by atoms with Gasteiger partial charge in [0.1, 0.15) is 13.2 Å². The highest BCUT2D eigenvalue weighted by Gasteiger charge is 2.23. The summed E-state index contributed by atoms with van der Waals surface area (Å²) in [5.41, 5.74) is 3.55. The quantitative estimate of drug-likeness (QED) is 0.827. The SMILES string of the molecule is O=C(NN1CCN(C(=O)OCc2ccccc2)CC1)OCCCl. The zero-order valence-electron chi connectivity index (χ0n) is 12.7. The second kappa shape index (κ2) is 9.22. The Hall–Kier alpha value is -1.99. The van der Waals surface area contributed by atoms with Crippen LogP contribution in [0.1, 0.15) is 5.56 Å². The van der Waals surface area contributed by atoms with Crippen molar-refractivity contribution in [2.24, 2.45) is 0 Å². The molecule has 1 aromatic carbocycles. The maximum atomic E-state index is 12.0. The molecule has 1 saturated heterocycles. The second-order valence-electron chi connectivity index (χ2n) is 4.95. The van der Waals surface area contributed by atoms with Gasteiger partial charge < -0.3 is 14.4 Å². The Labute approximate surface area is 140 Å². The molecule has 1 fully saturated rings. The summed E-state index contributed by atoms with van der Waals surface area (Å²) in [6.45, 7) is 2.39. The van der Waals surface area contributed by atoms with Crippen molar-refractivity contribution < 1.29 is 19.1 Å². The van der Waals surface area contributed by atoms with Crippen LogP contribution >= 0.6 is 11.6 Å². The van der Waals surface area contributed by atoms with E-state index in [0.717, 1.165) is 5.56 Å². The lowest BCUT2D eigenvalue weighted by Crippen LogP contribution is -2.55. The number of amides is 2. The van der Waals surface area contributed by atoms with Crippen LogP contribution in [0, 0.1) is 0 Å². The zero-order chi connectivity index (χ0) is 16.5. The molecule has 1 N–H and O–H groups in total. The van der Waals surface area contributed by atoms with Crippen molar-refractivity contribution in [1.29, 1.82) is 0 Å². The van der Waals surface area contributed by atoms with Crippen LogP contribution in [0.4, 0.5) is 9.59 Å². The Morgan fingerprint density at radius 3 is 2.43 bits per heavy atom. The van der Waals surface area contributed by atoms with Gasteiger partial charge in [-0.05, 0) is 5.56 Å². The lowest BCUT2D eigenvalue weighted by atomic mass is 10.2. The topological polar surface area (TPSA) is 71.1 Å². The number of hydrazine groups is 1. The van der Waals surface area contributed by atoms with Gasteiger partial charge >= 0.3 is 12.2 Å². The highest BCUT2D eigenvalue weighted by atomic mass is 35.5. The molecule has 0 radical (unpaired) electrons. The van der Waals surface area contributed by atoms with E-state index in [1.54, 1.807) is 9.91 Å². The van der Waals surface area contributed by atoms with Crippen molar-refractivity contribution in [3.8, 4) is 0 Å². The first kappa shape index (κ1) is 17.4. The number of piperazine rings is 1. The molecule has 2 rings (SSSR count). The van der Waals surface area contributed by atoms with Crippen LogP contribution in [0.3, 0.4) is 0 Å². The molecular weight excluding hydrogens is 322 g/mol. The predicted molar refractivity (Wildman–Crippen MR) is 85.0 cm³/mol. The number of nitrogens with zero attached hydrogens (tertiary/aromatic N) is 2. The minimum Gasteiger partial charge on any atom is -0.447 e. The van der Waals surface area contributed by atoms with Crippen molar-refractivity contribution in [2.45, 2.75) is 6.61 Å². The maximum Gasteiger partial charge on any atom is 0.421 e. The molecule has 23 heavy (non-hydrogen) atoms. The molecule has 0 unspecified atom stereocenters. The summed E-state index contributed by atoms with van der Waals surface area (Å²) in [7, 11) is 0. The van der Waals surface area contributed by atoms with E-state index >= 15 is 0 Å². The van der Waals surface area contributed by atoms with Gasteiger partial charge in [0.05, 0.1) is 5.88 Å². The molecule has 0 atom stereocenters. The van der Waals surface area contributed by atoms with E-state index in [0.29, 0.717) is 26.2 Å². The molecule has 126 valence electrons. The molecule has 1 aliphatic heterocycles. The lowest BCUT2D eigenvalue weighted by Gasteiger charge is -2.33. The summed E-state index contributed by atoms with van der Waals surface area (Å²) in [6, 6.07) is 9.52. The Bertz CT molecular complexity index is 507. The summed E-state index contributed by atoms with van der Waals surface area (Å²) in [4.78, 5) is 25.0. The van der Waals surface area contributed by atoms with Crippen LogP contribution < -0.4 is 5.43 Å². The Morgan fingerprint density at radius 2 is 1.78 bits per heavy atom. The van der Waals surface area contributed by atoms with Gasteiger partial charge in [0.25, 0.3) is 0 Å². The molecule has 7 nitrogen and oxygen atoms in total. The van der Waals surface area contributed by atoms with E-state index in [1.807, 2.05) is 30.3 Å². The first-order valence-electron chi connectivity index (χ1n) is 7.39. The number of benzene rings is 1. The number of hydrogen-bond acceptors (Lipinski definition) is 5. The monoisotopic (exact) mass is 341 g/mol. The maximum absolute atomic E-state index is 12.0. The standard InChI is InChI=1S/C15H20ClN3O4/c16-6-11-22-14(20)17-19-9-7-18(8-10-19)15(21)23-12-13-4-2-1-3-5-13/h1-5H,6-12H2,(H,17,20). The number of halogens is 1. The number of alkyl halides is 1. The van der Waals surface area contributed by atoms with E-state index < -0.39 is 6.09 Å². The van der Waals surface area contributed by atoms with Gasteiger partial charge in [-0.15, -0.1) is 11.6 Å². The minimum atomic E-state index is -0.536. The fourth-order valence-corrected chi connectivity index (χ4v) is 2.18. The molecule has 8 heteroatoms. The van der Waals surface area contributed by atoms with E-state index in [1.165, 1.54) is 0 Å². The van der Waals surface area contributed by atoms with Gasteiger partial charge in [-0.2, -0.15) is 0 Å². The summed E-state index contributed by atoms with van der Waals surface area (Å²) in [5, 5.41) is 1.71. The van der Waals surface area contributed by atoms with Crippen molar-refractivity contribution >= 4 is 23.8 Å². The van der Waals surface area contributed by atoms with Gasteiger partial charge in [0.15, 0.2) is 0 Å². The fraction of sp³-hybridized carbons (Fsp3) is 0.467.